The van der Waals surface area contributed by atoms with Crippen molar-refractivity contribution in [2.75, 3.05) is 18.5 Å². The molecule has 0 aliphatic rings. The summed E-state index contributed by atoms with van der Waals surface area (Å²) >= 11 is 0. The predicted molar refractivity (Wildman–Crippen MR) is 54.9 cm³/mol. The zero-order valence-corrected chi connectivity index (χ0v) is 8.41. The monoisotopic (exact) mass is 177 g/mol. The van der Waals surface area contributed by atoms with Crippen molar-refractivity contribution in [1.82, 2.24) is 9.97 Å². The van der Waals surface area contributed by atoms with Crippen LogP contribution in [0.2, 0.25) is 0 Å². The second-order valence-corrected chi connectivity index (χ2v) is 3.31. The van der Waals surface area contributed by atoms with E-state index in [4.69, 9.17) is 0 Å². The molecule has 0 amide bonds. The van der Waals surface area contributed by atoms with Crippen molar-refractivity contribution >= 4 is 5.95 Å². The highest BCUT2D eigenvalue weighted by atomic mass is 15.2. The smallest absolute Gasteiger partial charge is 0.225 e. The molecule has 0 radical (unpaired) electrons. The van der Waals surface area contributed by atoms with E-state index in [9.17, 15) is 0 Å². The van der Waals surface area contributed by atoms with Crippen LogP contribution in [0.3, 0.4) is 0 Å². The van der Waals surface area contributed by atoms with Crippen LogP contribution >= 0.6 is 0 Å². The average molecular weight is 177 g/mol. The molecule has 13 heavy (non-hydrogen) atoms. The number of aryl methyl sites for hydroxylation is 1. The lowest BCUT2D eigenvalue weighted by molar-refractivity contribution is 0.904. The molecule has 0 N–H and O–H groups in total. The van der Waals surface area contributed by atoms with E-state index >= 15 is 0 Å². The normalized spacial score (nSPS) is 9.77. The molecule has 0 aromatic carbocycles. The molecule has 0 aliphatic carbocycles. The fourth-order valence-corrected chi connectivity index (χ4v) is 1.10. The lowest BCUT2D eigenvalue weighted by Crippen LogP contribution is -2.21. The van der Waals surface area contributed by atoms with E-state index in [1.807, 2.05) is 31.9 Å². The van der Waals surface area contributed by atoms with Crippen LogP contribution in [0.1, 0.15) is 12.6 Å². The Balaban J connectivity index is 2.76. The fraction of sp³-hybridized carbons (Fsp3) is 0.400. The maximum Gasteiger partial charge on any atom is 0.225 e. The molecule has 0 bridgehead atoms. The first-order valence-electron chi connectivity index (χ1n) is 4.25. The van der Waals surface area contributed by atoms with Crippen molar-refractivity contribution in [3.8, 4) is 0 Å². The second kappa shape index (κ2) is 4.03. The highest BCUT2D eigenvalue weighted by Gasteiger charge is 2.02. The molecular weight excluding hydrogens is 162 g/mol. The Morgan fingerprint density at radius 1 is 1.62 bits per heavy atom. The van der Waals surface area contributed by atoms with Gasteiger partial charge >= 0.3 is 0 Å². The predicted octanol–water partition coefficient (Wildman–Crippen LogP) is 1.80. The van der Waals surface area contributed by atoms with Crippen molar-refractivity contribution in [2.45, 2.75) is 13.8 Å². The minimum Gasteiger partial charge on any atom is -0.340 e. The third kappa shape index (κ3) is 2.86. The molecule has 0 fully saturated rings. The molecule has 1 heterocycles. The summed E-state index contributed by atoms with van der Waals surface area (Å²) in [5, 5.41) is 0. The quantitative estimate of drug-likeness (QED) is 0.659. The summed E-state index contributed by atoms with van der Waals surface area (Å²) in [5.41, 5.74) is 2.09. The van der Waals surface area contributed by atoms with Crippen LogP contribution in [0.25, 0.3) is 0 Å². The maximum absolute atomic E-state index is 4.30. The molecule has 3 heteroatoms. The third-order valence-corrected chi connectivity index (χ3v) is 1.63. The zero-order chi connectivity index (χ0) is 9.84. The third-order valence-electron chi connectivity index (χ3n) is 1.63. The van der Waals surface area contributed by atoms with Gasteiger partial charge < -0.3 is 4.90 Å². The lowest BCUT2D eigenvalue weighted by Gasteiger charge is -2.16. The van der Waals surface area contributed by atoms with Gasteiger partial charge in [0.15, 0.2) is 0 Å². The van der Waals surface area contributed by atoms with E-state index in [0.717, 1.165) is 23.8 Å². The van der Waals surface area contributed by atoms with Gasteiger partial charge in [-0.3, -0.25) is 0 Å². The van der Waals surface area contributed by atoms with Gasteiger partial charge in [-0.05, 0) is 19.9 Å². The number of aromatic nitrogens is 2. The van der Waals surface area contributed by atoms with Gasteiger partial charge in [-0.2, -0.15) is 0 Å². The first-order valence-corrected chi connectivity index (χ1v) is 4.25. The fourth-order valence-electron chi connectivity index (χ4n) is 1.10. The second-order valence-electron chi connectivity index (χ2n) is 3.31. The molecule has 1 aromatic heterocycles. The molecule has 3 nitrogen and oxygen atoms in total. The lowest BCUT2D eigenvalue weighted by atomic mass is 10.3. The Kier molecular flexibility index (Phi) is 3.01. The number of likely N-dealkylation sites (N-methyl/N-ethyl adjacent to an activating group) is 1. The van der Waals surface area contributed by atoms with Crippen molar-refractivity contribution < 1.29 is 0 Å². The maximum atomic E-state index is 4.30. The van der Waals surface area contributed by atoms with Gasteiger partial charge in [0.05, 0.1) is 0 Å². The summed E-state index contributed by atoms with van der Waals surface area (Å²) < 4.78 is 0. The van der Waals surface area contributed by atoms with Crippen molar-refractivity contribution in [3.05, 3.63) is 30.1 Å². The van der Waals surface area contributed by atoms with Crippen molar-refractivity contribution in [2.24, 2.45) is 0 Å². The van der Waals surface area contributed by atoms with Gasteiger partial charge in [0.1, 0.15) is 0 Å². The molecule has 70 valence electrons. The van der Waals surface area contributed by atoms with Crippen LogP contribution in [0.5, 0.6) is 0 Å². The Bertz CT molecular complexity index is 307. The van der Waals surface area contributed by atoms with E-state index in [1.54, 1.807) is 6.20 Å². The summed E-state index contributed by atoms with van der Waals surface area (Å²) in [7, 11) is 1.96. The first kappa shape index (κ1) is 9.71. The van der Waals surface area contributed by atoms with Gasteiger partial charge in [0.25, 0.3) is 0 Å². The van der Waals surface area contributed by atoms with Gasteiger partial charge in [0.2, 0.25) is 5.95 Å². The van der Waals surface area contributed by atoms with E-state index in [2.05, 4.69) is 16.5 Å². The molecular formula is C10H15N3. The van der Waals surface area contributed by atoms with Crippen LogP contribution in [-0.4, -0.2) is 23.6 Å². The van der Waals surface area contributed by atoms with Crippen molar-refractivity contribution in [1.29, 1.82) is 0 Å². The average Bonchev–Trinajstić information content (AvgIpc) is 2.03. The summed E-state index contributed by atoms with van der Waals surface area (Å²) in [4.78, 5) is 10.4. The topological polar surface area (TPSA) is 29.0 Å². The molecule has 1 aromatic rings. The van der Waals surface area contributed by atoms with Gasteiger partial charge in [0, 0.05) is 25.5 Å². The number of hydrogen-bond acceptors (Lipinski definition) is 3. The van der Waals surface area contributed by atoms with Crippen LogP contribution in [0, 0.1) is 6.92 Å². The van der Waals surface area contributed by atoms with Crippen molar-refractivity contribution in [3.63, 3.8) is 0 Å². The number of hydrogen-bond donors (Lipinski definition) is 0. The van der Waals surface area contributed by atoms with Crippen LogP contribution in [-0.2, 0) is 0 Å². The number of nitrogens with zero attached hydrogens (tertiary/aromatic N) is 3. The molecule has 0 aliphatic heterocycles. The number of rotatable bonds is 3. The van der Waals surface area contributed by atoms with E-state index in [-0.39, 0.29) is 0 Å². The van der Waals surface area contributed by atoms with Crippen LogP contribution in [0.4, 0.5) is 5.95 Å². The molecule has 0 saturated carbocycles. The van der Waals surface area contributed by atoms with Crippen LogP contribution in [0.15, 0.2) is 24.4 Å². The Morgan fingerprint density at radius 2 is 2.31 bits per heavy atom. The Labute approximate surface area is 79.1 Å². The SMILES string of the molecule is C=C(C)CN(C)c1nccc(C)n1. The minimum absolute atomic E-state index is 0.753. The van der Waals surface area contributed by atoms with Gasteiger partial charge in [-0.15, -0.1) is 0 Å². The molecule has 0 spiro atoms. The van der Waals surface area contributed by atoms with Gasteiger partial charge in [-0.1, -0.05) is 12.2 Å². The summed E-state index contributed by atoms with van der Waals surface area (Å²) in [5.74, 6) is 0.753. The van der Waals surface area contributed by atoms with E-state index in [1.165, 1.54) is 0 Å². The number of anilines is 1. The van der Waals surface area contributed by atoms with Gasteiger partial charge in [-0.25, -0.2) is 9.97 Å². The molecule has 0 atom stereocenters. The zero-order valence-electron chi connectivity index (χ0n) is 8.41. The van der Waals surface area contributed by atoms with E-state index in [0.29, 0.717) is 0 Å². The molecule has 0 unspecified atom stereocenters. The molecule has 0 saturated heterocycles. The minimum atomic E-state index is 0.753. The summed E-state index contributed by atoms with van der Waals surface area (Å²) in [6.07, 6.45) is 1.77. The van der Waals surface area contributed by atoms with E-state index < -0.39 is 0 Å². The Morgan fingerprint density at radius 3 is 2.85 bits per heavy atom. The standard InChI is InChI=1S/C10H15N3/c1-8(2)7-13(4)10-11-6-5-9(3)12-10/h5-6H,1,7H2,2-4H3. The first-order chi connectivity index (χ1) is 6.09. The highest BCUT2D eigenvalue weighted by Crippen LogP contribution is 2.06. The Hall–Kier alpha value is -1.38. The summed E-state index contributed by atoms with van der Waals surface area (Å²) in [6.45, 7) is 8.59. The van der Waals surface area contributed by atoms with Crippen LogP contribution < -0.4 is 4.90 Å². The summed E-state index contributed by atoms with van der Waals surface area (Å²) in [6, 6.07) is 1.89. The largest absolute Gasteiger partial charge is 0.340 e. The molecule has 1 rings (SSSR count). The highest BCUT2D eigenvalue weighted by molar-refractivity contribution is 5.30.